The number of aromatic amines is 1. The number of nitrogens with zero attached hydrogens (tertiary/aromatic N) is 1. The van der Waals surface area contributed by atoms with Crippen LogP contribution in [-0.2, 0) is 17.7 Å². The number of H-pyrrole nitrogens is 1. The lowest BCUT2D eigenvalue weighted by Crippen LogP contribution is -2.24. The summed E-state index contributed by atoms with van der Waals surface area (Å²) in [4.78, 5) is 32.0. The molecule has 0 bridgehead atoms. The Balaban J connectivity index is 1.64. The molecule has 0 saturated carbocycles. The number of hydrogen-bond acceptors (Lipinski definition) is 6. The summed E-state index contributed by atoms with van der Waals surface area (Å²) in [5, 5.41) is 2.84. The molecule has 0 spiro atoms. The predicted octanol–water partition coefficient (Wildman–Crippen LogP) is 3.80. The van der Waals surface area contributed by atoms with Crippen LogP contribution in [0, 0.1) is 6.92 Å². The summed E-state index contributed by atoms with van der Waals surface area (Å²) in [5.41, 5.74) is 2.81. The molecular weight excluding hydrogens is 398 g/mol. The van der Waals surface area contributed by atoms with E-state index in [0.29, 0.717) is 46.3 Å². The van der Waals surface area contributed by atoms with Gasteiger partial charge in [0.1, 0.15) is 17.2 Å². The zero-order valence-electron chi connectivity index (χ0n) is 17.9. The van der Waals surface area contributed by atoms with Crippen LogP contribution in [0.5, 0.6) is 17.4 Å². The fraction of sp³-hybridized carbons (Fsp3) is 0.261. The molecule has 8 nitrogen and oxygen atoms in total. The number of rotatable bonds is 8. The van der Waals surface area contributed by atoms with Crippen molar-refractivity contribution in [2.75, 3.05) is 14.2 Å². The highest BCUT2D eigenvalue weighted by atomic mass is 16.5. The highest BCUT2D eigenvalue weighted by Crippen LogP contribution is 2.24. The summed E-state index contributed by atoms with van der Waals surface area (Å²) < 4.78 is 15.7. The quantitative estimate of drug-likeness (QED) is 0.534. The van der Waals surface area contributed by atoms with E-state index in [1.165, 1.54) is 7.11 Å². The van der Waals surface area contributed by atoms with Gasteiger partial charge in [0.25, 0.3) is 5.91 Å². The normalized spacial score (nSPS) is 10.5. The number of methoxy groups -OCH3 is 2. The SMILES string of the molecule is CCc1[nH]c(C(=O)NCc2ccc(Oc3cccc(OC)c3)nc2)c(C)c1C(=O)OC. The first kappa shape index (κ1) is 21.9. The highest BCUT2D eigenvalue weighted by Gasteiger charge is 2.23. The summed E-state index contributed by atoms with van der Waals surface area (Å²) in [6.45, 7) is 3.90. The molecule has 2 aromatic heterocycles. The Morgan fingerprint density at radius 2 is 1.90 bits per heavy atom. The van der Waals surface area contributed by atoms with Gasteiger partial charge in [0.2, 0.25) is 5.88 Å². The monoisotopic (exact) mass is 423 g/mol. The lowest BCUT2D eigenvalue weighted by atomic mass is 10.1. The van der Waals surface area contributed by atoms with Crippen LogP contribution >= 0.6 is 0 Å². The van der Waals surface area contributed by atoms with E-state index in [-0.39, 0.29) is 12.5 Å². The van der Waals surface area contributed by atoms with E-state index in [0.717, 1.165) is 5.56 Å². The van der Waals surface area contributed by atoms with Crippen molar-refractivity contribution in [3.63, 3.8) is 0 Å². The van der Waals surface area contributed by atoms with Gasteiger partial charge in [0.15, 0.2) is 0 Å². The zero-order chi connectivity index (χ0) is 22.4. The minimum atomic E-state index is -0.458. The van der Waals surface area contributed by atoms with Gasteiger partial charge in [0.05, 0.1) is 19.8 Å². The number of pyridine rings is 1. The van der Waals surface area contributed by atoms with Gasteiger partial charge in [-0.3, -0.25) is 4.79 Å². The fourth-order valence-electron chi connectivity index (χ4n) is 3.16. The molecule has 0 aliphatic carbocycles. The van der Waals surface area contributed by atoms with Crippen molar-refractivity contribution in [3.8, 4) is 17.4 Å². The number of carbonyl (C=O) groups is 2. The van der Waals surface area contributed by atoms with Crippen LogP contribution in [-0.4, -0.2) is 36.1 Å². The first-order chi connectivity index (χ1) is 15.0. The molecule has 162 valence electrons. The molecule has 0 aliphatic heterocycles. The number of hydrogen-bond donors (Lipinski definition) is 2. The molecule has 0 fully saturated rings. The van der Waals surface area contributed by atoms with Crippen LogP contribution in [0.25, 0.3) is 0 Å². The van der Waals surface area contributed by atoms with E-state index in [1.54, 1.807) is 32.4 Å². The largest absolute Gasteiger partial charge is 0.497 e. The van der Waals surface area contributed by atoms with Crippen molar-refractivity contribution >= 4 is 11.9 Å². The third kappa shape index (κ3) is 5.03. The number of aryl methyl sites for hydroxylation is 1. The first-order valence-electron chi connectivity index (χ1n) is 9.81. The average Bonchev–Trinajstić information content (AvgIpc) is 3.14. The Morgan fingerprint density at radius 3 is 2.55 bits per heavy atom. The van der Waals surface area contributed by atoms with Gasteiger partial charge in [-0.05, 0) is 36.6 Å². The van der Waals surface area contributed by atoms with E-state index in [2.05, 4.69) is 15.3 Å². The van der Waals surface area contributed by atoms with Gasteiger partial charge >= 0.3 is 5.97 Å². The van der Waals surface area contributed by atoms with Crippen LogP contribution in [0.3, 0.4) is 0 Å². The molecule has 2 heterocycles. The Kier molecular flexibility index (Phi) is 6.92. The van der Waals surface area contributed by atoms with Crippen molar-refractivity contribution in [1.29, 1.82) is 0 Å². The second-order valence-electron chi connectivity index (χ2n) is 6.79. The Morgan fingerprint density at radius 1 is 1.13 bits per heavy atom. The molecule has 0 atom stereocenters. The van der Waals surface area contributed by atoms with Crippen molar-refractivity contribution in [2.45, 2.75) is 26.8 Å². The van der Waals surface area contributed by atoms with E-state index in [9.17, 15) is 9.59 Å². The number of amides is 1. The summed E-state index contributed by atoms with van der Waals surface area (Å²) in [6, 6.07) is 10.8. The number of nitrogens with one attached hydrogen (secondary N) is 2. The molecule has 2 N–H and O–H groups in total. The smallest absolute Gasteiger partial charge is 0.339 e. The van der Waals surface area contributed by atoms with Crippen molar-refractivity contribution in [3.05, 3.63) is 70.7 Å². The summed E-state index contributed by atoms with van der Waals surface area (Å²) in [6.07, 6.45) is 2.21. The molecule has 31 heavy (non-hydrogen) atoms. The van der Waals surface area contributed by atoms with Crippen LogP contribution in [0.1, 0.15) is 44.6 Å². The second kappa shape index (κ2) is 9.80. The third-order valence-corrected chi connectivity index (χ3v) is 4.81. The molecule has 8 heteroatoms. The molecule has 1 aromatic carbocycles. The fourth-order valence-corrected chi connectivity index (χ4v) is 3.16. The number of ether oxygens (including phenoxy) is 3. The number of aromatic nitrogens is 2. The minimum Gasteiger partial charge on any atom is -0.497 e. The van der Waals surface area contributed by atoms with Gasteiger partial charge in [-0.1, -0.05) is 19.1 Å². The van der Waals surface area contributed by atoms with Gasteiger partial charge in [-0.15, -0.1) is 0 Å². The summed E-state index contributed by atoms with van der Waals surface area (Å²) in [7, 11) is 2.91. The maximum Gasteiger partial charge on any atom is 0.339 e. The van der Waals surface area contributed by atoms with Gasteiger partial charge in [0, 0.05) is 30.6 Å². The Hall–Kier alpha value is -3.81. The summed E-state index contributed by atoms with van der Waals surface area (Å²) >= 11 is 0. The molecule has 1 amide bonds. The van der Waals surface area contributed by atoms with Crippen LogP contribution in [0.2, 0.25) is 0 Å². The first-order valence-corrected chi connectivity index (χ1v) is 9.81. The predicted molar refractivity (Wildman–Crippen MR) is 115 cm³/mol. The van der Waals surface area contributed by atoms with Gasteiger partial charge in [-0.25, -0.2) is 9.78 Å². The molecular formula is C23H25N3O5. The molecule has 3 aromatic rings. The van der Waals surface area contributed by atoms with Crippen LogP contribution < -0.4 is 14.8 Å². The average molecular weight is 423 g/mol. The van der Waals surface area contributed by atoms with Crippen molar-refractivity contribution in [1.82, 2.24) is 15.3 Å². The topological polar surface area (TPSA) is 103 Å². The van der Waals surface area contributed by atoms with Crippen LogP contribution in [0.15, 0.2) is 42.6 Å². The van der Waals surface area contributed by atoms with Gasteiger partial charge < -0.3 is 24.5 Å². The molecule has 0 aliphatic rings. The maximum atomic E-state index is 12.6. The minimum absolute atomic E-state index is 0.277. The van der Waals surface area contributed by atoms with Gasteiger partial charge in [-0.2, -0.15) is 0 Å². The highest BCUT2D eigenvalue weighted by molar-refractivity contribution is 6.00. The number of carbonyl (C=O) groups excluding carboxylic acids is 2. The van der Waals surface area contributed by atoms with Crippen molar-refractivity contribution in [2.24, 2.45) is 0 Å². The Labute approximate surface area is 180 Å². The Bertz CT molecular complexity index is 1070. The van der Waals surface area contributed by atoms with E-state index < -0.39 is 5.97 Å². The molecule has 0 saturated heterocycles. The second-order valence-corrected chi connectivity index (χ2v) is 6.79. The molecule has 0 radical (unpaired) electrons. The van der Waals surface area contributed by atoms with E-state index in [4.69, 9.17) is 14.2 Å². The zero-order valence-corrected chi connectivity index (χ0v) is 17.9. The van der Waals surface area contributed by atoms with E-state index >= 15 is 0 Å². The number of esters is 1. The lowest BCUT2D eigenvalue weighted by Gasteiger charge is -2.08. The standard InChI is InChI=1S/C23H25N3O5/c1-5-18-20(23(28)30-4)14(2)21(26-18)22(27)25-13-15-9-10-19(24-12-15)31-17-8-6-7-16(11-17)29-3/h6-12,26H,5,13H2,1-4H3,(H,25,27). The molecule has 0 unspecified atom stereocenters. The number of benzene rings is 1. The molecule has 3 rings (SSSR count). The summed E-state index contributed by atoms with van der Waals surface area (Å²) in [5.74, 6) is 0.972. The van der Waals surface area contributed by atoms with E-state index in [1.807, 2.05) is 31.2 Å². The van der Waals surface area contributed by atoms with Crippen LogP contribution in [0.4, 0.5) is 0 Å². The van der Waals surface area contributed by atoms with Crippen molar-refractivity contribution < 1.29 is 23.8 Å². The third-order valence-electron chi connectivity index (χ3n) is 4.81. The lowest BCUT2D eigenvalue weighted by molar-refractivity contribution is 0.0599. The maximum absolute atomic E-state index is 12.6.